The van der Waals surface area contributed by atoms with Crippen molar-refractivity contribution in [2.75, 3.05) is 13.1 Å². The van der Waals surface area contributed by atoms with Crippen molar-refractivity contribution in [2.45, 2.75) is 70.7 Å². The normalized spacial score (nSPS) is 22.5. The highest BCUT2D eigenvalue weighted by Gasteiger charge is 2.54. The molecule has 1 aromatic rings. The average Bonchev–Trinajstić information content (AvgIpc) is 3.17. The molecule has 0 atom stereocenters. The first-order valence-electron chi connectivity index (χ1n) is 9.57. The van der Waals surface area contributed by atoms with Crippen molar-refractivity contribution in [2.24, 2.45) is 11.3 Å². The second-order valence-corrected chi connectivity index (χ2v) is 9.53. The smallest absolute Gasteiger partial charge is 0.435 e. The van der Waals surface area contributed by atoms with Gasteiger partial charge in [0, 0.05) is 30.3 Å². The molecule has 27 heavy (non-hydrogen) atoms. The maximum absolute atomic E-state index is 13.3. The topological polar surface area (TPSA) is 47.4 Å². The number of halogens is 3. The van der Waals surface area contributed by atoms with E-state index in [0.717, 1.165) is 25.7 Å². The molecule has 3 fully saturated rings. The van der Waals surface area contributed by atoms with E-state index in [1.165, 1.54) is 4.68 Å². The fourth-order valence-electron chi connectivity index (χ4n) is 4.44. The van der Waals surface area contributed by atoms with Gasteiger partial charge in [0.05, 0.1) is 6.04 Å². The third kappa shape index (κ3) is 3.80. The number of ether oxygens (including phenoxy) is 1. The van der Waals surface area contributed by atoms with E-state index < -0.39 is 17.5 Å². The summed E-state index contributed by atoms with van der Waals surface area (Å²) in [6.45, 7) is 6.79. The van der Waals surface area contributed by atoms with Crippen LogP contribution in [0.1, 0.15) is 63.8 Å². The minimum Gasteiger partial charge on any atom is -0.444 e. The van der Waals surface area contributed by atoms with Gasteiger partial charge in [-0.3, -0.25) is 4.68 Å². The maximum atomic E-state index is 13.3. The number of nitrogens with zero attached hydrogens (tertiary/aromatic N) is 3. The van der Waals surface area contributed by atoms with Gasteiger partial charge in [0.2, 0.25) is 0 Å². The predicted molar refractivity (Wildman–Crippen MR) is 92.2 cm³/mol. The molecular formula is C19H26F3N3O2. The molecule has 1 saturated heterocycles. The van der Waals surface area contributed by atoms with Crippen LogP contribution >= 0.6 is 0 Å². The monoisotopic (exact) mass is 385 g/mol. The highest BCUT2D eigenvalue weighted by atomic mass is 19.4. The maximum Gasteiger partial charge on any atom is 0.435 e. The molecule has 1 aromatic heterocycles. The van der Waals surface area contributed by atoms with Gasteiger partial charge in [0.25, 0.3) is 0 Å². The lowest BCUT2D eigenvalue weighted by Crippen LogP contribution is -2.64. The largest absolute Gasteiger partial charge is 0.444 e. The van der Waals surface area contributed by atoms with Crippen LogP contribution in [0.15, 0.2) is 6.20 Å². The Hall–Kier alpha value is -1.73. The lowest BCUT2D eigenvalue weighted by molar-refractivity contribution is -0.142. The summed E-state index contributed by atoms with van der Waals surface area (Å²) in [6, 6.07) is 0.140. The Kier molecular flexibility index (Phi) is 4.06. The summed E-state index contributed by atoms with van der Waals surface area (Å²) in [4.78, 5) is 13.7. The number of rotatable bonds is 3. The lowest BCUT2D eigenvalue weighted by atomic mass is 9.56. The van der Waals surface area contributed by atoms with Crippen LogP contribution in [0.25, 0.3) is 0 Å². The molecule has 1 spiro atoms. The summed E-state index contributed by atoms with van der Waals surface area (Å²) in [5.41, 5.74) is -0.846. The van der Waals surface area contributed by atoms with Crippen molar-refractivity contribution in [3.63, 3.8) is 0 Å². The summed E-state index contributed by atoms with van der Waals surface area (Å²) in [6.07, 6.45) is 0.838. The summed E-state index contributed by atoms with van der Waals surface area (Å²) < 4.78 is 46.7. The summed E-state index contributed by atoms with van der Waals surface area (Å²) in [5, 5.41) is 3.82. The fourth-order valence-corrected chi connectivity index (χ4v) is 4.44. The average molecular weight is 385 g/mol. The Morgan fingerprint density at radius 3 is 2.41 bits per heavy atom. The Morgan fingerprint density at radius 1 is 1.26 bits per heavy atom. The van der Waals surface area contributed by atoms with Crippen molar-refractivity contribution in [3.05, 3.63) is 17.5 Å². The third-order valence-electron chi connectivity index (χ3n) is 5.65. The Morgan fingerprint density at radius 2 is 1.89 bits per heavy atom. The summed E-state index contributed by atoms with van der Waals surface area (Å²) in [7, 11) is 0. The Labute approximate surface area is 156 Å². The molecule has 1 amide bonds. The zero-order valence-electron chi connectivity index (χ0n) is 16.0. The number of alkyl halides is 3. The first-order chi connectivity index (χ1) is 12.4. The van der Waals surface area contributed by atoms with Crippen LogP contribution in [0.2, 0.25) is 0 Å². The standard InChI is InChI=1S/C19H26F3N3O2/c1-17(2,3)27-16(26)24-10-18(11-24)7-12(8-18)6-13-9-25(14-4-5-14)23-15(13)19(20,21)22/h9,12,14H,4-8,10-11H2,1-3H3. The first-order valence-corrected chi connectivity index (χ1v) is 9.57. The van der Waals surface area contributed by atoms with Crippen LogP contribution in [0.4, 0.5) is 18.0 Å². The van der Waals surface area contributed by atoms with Gasteiger partial charge in [-0.25, -0.2) is 4.79 Å². The molecule has 8 heteroatoms. The van der Waals surface area contributed by atoms with Crippen molar-refractivity contribution in [1.82, 2.24) is 14.7 Å². The molecule has 2 aliphatic carbocycles. The highest BCUT2D eigenvalue weighted by molar-refractivity contribution is 5.69. The molecule has 2 saturated carbocycles. The van der Waals surface area contributed by atoms with Gasteiger partial charge in [0.15, 0.2) is 5.69 Å². The minimum atomic E-state index is -4.40. The molecule has 2 heterocycles. The van der Waals surface area contributed by atoms with E-state index in [-0.39, 0.29) is 23.5 Å². The molecular weight excluding hydrogens is 359 g/mol. The molecule has 150 valence electrons. The Balaban J connectivity index is 1.32. The number of likely N-dealkylation sites (tertiary alicyclic amines) is 1. The fraction of sp³-hybridized carbons (Fsp3) is 0.789. The number of carbonyl (C=O) groups is 1. The number of carbonyl (C=O) groups excluding carboxylic acids is 1. The third-order valence-corrected chi connectivity index (χ3v) is 5.65. The van der Waals surface area contributed by atoms with Crippen molar-refractivity contribution in [1.29, 1.82) is 0 Å². The minimum absolute atomic E-state index is 0.0758. The van der Waals surface area contributed by atoms with E-state index >= 15 is 0 Å². The van der Waals surface area contributed by atoms with E-state index in [2.05, 4.69) is 5.10 Å². The van der Waals surface area contributed by atoms with E-state index in [0.29, 0.717) is 25.1 Å². The second kappa shape index (κ2) is 5.88. The quantitative estimate of drug-likeness (QED) is 0.774. The van der Waals surface area contributed by atoms with Gasteiger partial charge in [0.1, 0.15) is 5.60 Å². The number of aromatic nitrogens is 2. The molecule has 0 unspecified atom stereocenters. The van der Waals surface area contributed by atoms with Gasteiger partial charge in [-0.15, -0.1) is 0 Å². The molecule has 3 aliphatic rings. The molecule has 5 nitrogen and oxygen atoms in total. The zero-order valence-corrected chi connectivity index (χ0v) is 16.0. The molecule has 1 aliphatic heterocycles. The second-order valence-electron chi connectivity index (χ2n) is 9.53. The highest BCUT2D eigenvalue weighted by Crippen LogP contribution is 2.53. The summed E-state index contributed by atoms with van der Waals surface area (Å²) >= 11 is 0. The van der Waals surface area contributed by atoms with E-state index in [1.54, 1.807) is 11.1 Å². The SMILES string of the molecule is CC(C)(C)OC(=O)N1CC2(CC(Cc3cn(C4CC4)nc3C(F)(F)F)C2)C1. The van der Waals surface area contributed by atoms with Gasteiger partial charge in [-0.2, -0.15) is 18.3 Å². The van der Waals surface area contributed by atoms with Crippen LogP contribution in [-0.4, -0.2) is 39.5 Å². The van der Waals surface area contributed by atoms with Crippen LogP contribution in [0.3, 0.4) is 0 Å². The van der Waals surface area contributed by atoms with E-state index in [9.17, 15) is 18.0 Å². The van der Waals surface area contributed by atoms with Gasteiger partial charge >= 0.3 is 12.3 Å². The summed E-state index contributed by atoms with van der Waals surface area (Å²) in [5.74, 6) is 0.226. The van der Waals surface area contributed by atoms with Crippen LogP contribution in [-0.2, 0) is 17.3 Å². The number of hydrogen-bond acceptors (Lipinski definition) is 3. The van der Waals surface area contributed by atoms with Crippen LogP contribution < -0.4 is 0 Å². The van der Waals surface area contributed by atoms with Gasteiger partial charge in [-0.05, 0) is 58.8 Å². The molecule has 0 radical (unpaired) electrons. The molecule has 0 N–H and O–H groups in total. The zero-order chi connectivity index (χ0) is 19.6. The number of amides is 1. The van der Waals surface area contributed by atoms with Crippen molar-refractivity contribution in [3.8, 4) is 0 Å². The number of hydrogen-bond donors (Lipinski definition) is 0. The molecule has 4 rings (SSSR count). The van der Waals surface area contributed by atoms with E-state index in [4.69, 9.17) is 4.74 Å². The molecule has 0 bridgehead atoms. The van der Waals surface area contributed by atoms with E-state index in [1.807, 2.05) is 20.8 Å². The first kappa shape index (κ1) is 18.6. The van der Waals surface area contributed by atoms with Crippen LogP contribution in [0.5, 0.6) is 0 Å². The predicted octanol–water partition coefficient (Wildman–Crippen LogP) is 4.43. The van der Waals surface area contributed by atoms with Gasteiger partial charge in [-0.1, -0.05) is 0 Å². The van der Waals surface area contributed by atoms with Crippen molar-refractivity contribution >= 4 is 6.09 Å². The van der Waals surface area contributed by atoms with Crippen molar-refractivity contribution < 1.29 is 22.7 Å². The van der Waals surface area contributed by atoms with Gasteiger partial charge < -0.3 is 9.64 Å². The molecule has 0 aromatic carbocycles. The van der Waals surface area contributed by atoms with Crippen LogP contribution in [0, 0.1) is 11.3 Å². The lowest BCUT2D eigenvalue weighted by Gasteiger charge is -2.58. The Bertz CT molecular complexity index is 732.